The molecule has 2 aliphatic rings. The summed E-state index contributed by atoms with van der Waals surface area (Å²) in [5.41, 5.74) is 3.34. The Morgan fingerprint density at radius 3 is 2.72 bits per heavy atom. The van der Waals surface area contributed by atoms with Crippen molar-refractivity contribution in [2.45, 2.75) is 26.1 Å². The predicted octanol–water partition coefficient (Wildman–Crippen LogP) is -0.263. The highest BCUT2D eigenvalue weighted by Crippen LogP contribution is 2.34. The summed E-state index contributed by atoms with van der Waals surface area (Å²) in [7, 11) is 0. The van der Waals surface area contributed by atoms with E-state index in [1.807, 2.05) is 78.4 Å². The summed E-state index contributed by atoms with van der Waals surface area (Å²) in [4.78, 5) is 28.2. The standard InChI is InChI=1S/C24H21N3O4.HI/c1-16-6-2-3-7-18(16)25-24(29)23-19-8-4-5-11-26(19)14-22(28)27(23)13-17-9-10-20-21(12-17)31-15-30-20;/h2-12,23H,13-15H2,1H3;1H. The van der Waals surface area contributed by atoms with Gasteiger partial charge in [-0.3, -0.25) is 9.59 Å². The maximum atomic E-state index is 13.5. The number of aromatic nitrogens is 1. The molecule has 0 saturated carbocycles. The van der Waals surface area contributed by atoms with Crippen molar-refractivity contribution in [3.8, 4) is 11.5 Å². The number of carbonyl (C=O) groups excluding carboxylic acids is 2. The molecule has 0 aliphatic carbocycles. The summed E-state index contributed by atoms with van der Waals surface area (Å²) in [6, 6.07) is 18.1. The largest absolute Gasteiger partial charge is 1.00 e. The molecule has 7 nitrogen and oxygen atoms in total. The molecule has 0 radical (unpaired) electrons. The lowest BCUT2D eigenvalue weighted by atomic mass is 10.0. The molecule has 1 aromatic heterocycles. The van der Waals surface area contributed by atoms with Crippen LogP contribution in [0.15, 0.2) is 66.9 Å². The molecule has 0 bridgehead atoms. The number of carbonyl (C=O) groups is 2. The molecular formula is C24H22IN3O4. The molecule has 1 N–H and O–H groups in total. The van der Waals surface area contributed by atoms with E-state index < -0.39 is 6.04 Å². The zero-order chi connectivity index (χ0) is 21.4. The summed E-state index contributed by atoms with van der Waals surface area (Å²) in [6.45, 7) is 2.60. The Balaban J connectivity index is 0.00000245. The van der Waals surface area contributed by atoms with Crippen LogP contribution < -0.4 is 43.3 Å². The molecule has 8 heteroatoms. The van der Waals surface area contributed by atoms with Gasteiger partial charge in [-0.05, 0) is 36.2 Å². The van der Waals surface area contributed by atoms with Gasteiger partial charge in [-0.1, -0.05) is 30.3 Å². The van der Waals surface area contributed by atoms with Gasteiger partial charge in [0.2, 0.25) is 19.0 Å². The van der Waals surface area contributed by atoms with E-state index in [-0.39, 0.29) is 55.7 Å². The normalized spacial score (nSPS) is 16.2. The van der Waals surface area contributed by atoms with Gasteiger partial charge in [0.25, 0.3) is 11.8 Å². The topological polar surface area (TPSA) is 71.8 Å². The smallest absolute Gasteiger partial charge is 0.289 e. The van der Waals surface area contributed by atoms with Crippen LogP contribution in [0.1, 0.15) is 22.9 Å². The Morgan fingerprint density at radius 2 is 1.88 bits per heavy atom. The zero-order valence-corrected chi connectivity index (χ0v) is 19.6. The van der Waals surface area contributed by atoms with Crippen LogP contribution in [0.5, 0.6) is 11.5 Å². The first-order valence-electron chi connectivity index (χ1n) is 10.1. The van der Waals surface area contributed by atoms with E-state index in [4.69, 9.17) is 9.47 Å². The molecule has 2 aliphatic heterocycles. The number of hydrogen-bond donors (Lipinski definition) is 1. The van der Waals surface area contributed by atoms with E-state index >= 15 is 0 Å². The number of nitrogens with zero attached hydrogens (tertiary/aromatic N) is 2. The van der Waals surface area contributed by atoms with Crippen LogP contribution in [0.3, 0.4) is 0 Å². The number of aryl methyl sites for hydroxylation is 1. The third kappa shape index (κ3) is 4.14. The van der Waals surface area contributed by atoms with Gasteiger partial charge in [0, 0.05) is 24.4 Å². The molecule has 1 atom stereocenters. The third-order valence-corrected chi connectivity index (χ3v) is 5.63. The molecule has 2 amide bonds. The van der Waals surface area contributed by atoms with Crippen LogP contribution in [0.4, 0.5) is 5.69 Å². The number of halogens is 1. The van der Waals surface area contributed by atoms with E-state index in [0.717, 1.165) is 22.5 Å². The highest BCUT2D eigenvalue weighted by Gasteiger charge is 2.42. The quantitative estimate of drug-likeness (QED) is 0.364. The summed E-state index contributed by atoms with van der Waals surface area (Å²) in [5.74, 6) is 0.968. The zero-order valence-electron chi connectivity index (χ0n) is 17.5. The van der Waals surface area contributed by atoms with Crippen LogP contribution in [-0.2, 0) is 22.7 Å². The number of rotatable bonds is 4. The van der Waals surface area contributed by atoms with E-state index in [0.29, 0.717) is 11.5 Å². The van der Waals surface area contributed by atoms with Crippen molar-refractivity contribution in [3.05, 3.63) is 83.7 Å². The highest BCUT2D eigenvalue weighted by molar-refractivity contribution is 5.98. The number of nitrogens with one attached hydrogen (secondary N) is 1. The Bertz CT molecular complexity index is 1180. The number of fused-ring (bicyclic) bond motifs is 2. The van der Waals surface area contributed by atoms with Crippen LogP contribution in [0, 0.1) is 6.92 Å². The second-order valence-corrected chi connectivity index (χ2v) is 7.67. The molecular weight excluding hydrogens is 521 g/mol. The molecule has 5 rings (SSSR count). The van der Waals surface area contributed by atoms with Crippen molar-refractivity contribution >= 4 is 17.5 Å². The Morgan fingerprint density at radius 1 is 1.09 bits per heavy atom. The van der Waals surface area contributed by atoms with Crippen molar-refractivity contribution in [2.24, 2.45) is 0 Å². The number of amides is 2. The molecule has 0 fully saturated rings. The van der Waals surface area contributed by atoms with Gasteiger partial charge in [0.15, 0.2) is 23.7 Å². The molecule has 0 spiro atoms. The van der Waals surface area contributed by atoms with Crippen molar-refractivity contribution in [2.75, 3.05) is 12.1 Å². The van der Waals surface area contributed by atoms with Crippen LogP contribution >= 0.6 is 0 Å². The lowest BCUT2D eigenvalue weighted by Crippen LogP contribution is -3.00. The number of para-hydroxylation sites is 1. The lowest BCUT2D eigenvalue weighted by molar-refractivity contribution is -0.698. The molecule has 1 unspecified atom stereocenters. The monoisotopic (exact) mass is 543 g/mol. The van der Waals surface area contributed by atoms with Crippen LogP contribution in [0.25, 0.3) is 0 Å². The molecule has 2 aromatic carbocycles. The van der Waals surface area contributed by atoms with Gasteiger partial charge < -0.3 is 43.7 Å². The maximum absolute atomic E-state index is 13.5. The van der Waals surface area contributed by atoms with Crippen molar-refractivity contribution in [1.82, 2.24) is 4.90 Å². The third-order valence-electron chi connectivity index (χ3n) is 5.63. The average molecular weight is 543 g/mol. The minimum Gasteiger partial charge on any atom is -1.00 e. The van der Waals surface area contributed by atoms with Gasteiger partial charge in [0.1, 0.15) is 0 Å². The summed E-state index contributed by atoms with van der Waals surface area (Å²) >= 11 is 0. The average Bonchev–Trinajstić information content (AvgIpc) is 3.23. The number of benzene rings is 2. The van der Waals surface area contributed by atoms with E-state index in [1.54, 1.807) is 4.90 Å². The Labute approximate surface area is 203 Å². The fraction of sp³-hybridized carbons (Fsp3) is 0.208. The molecule has 3 aromatic rings. The van der Waals surface area contributed by atoms with Gasteiger partial charge in [-0.15, -0.1) is 0 Å². The lowest BCUT2D eigenvalue weighted by Gasteiger charge is -2.32. The van der Waals surface area contributed by atoms with Crippen LogP contribution in [-0.4, -0.2) is 23.5 Å². The minimum absolute atomic E-state index is 0. The number of pyridine rings is 1. The Kier molecular flexibility index (Phi) is 6.31. The minimum atomic E-state index is -0.757. The van der Waals surface area contributed by atoms with Crippen molar-refractivity contribution in [1.29, 1.82) is 0 Å². The van der Waals surface area contributed by atoms with E-state index in [1.165, 1.54) is 0 Å². The van der Waals surface area contributed by atoms with Gasteiger partial charge >= 0.3 is 0 Å². The Hall–Kier alpha value is -3.14. The number of anilines is 1. The van der Waals surface area contributed by atoms with E-state index in [2.05, 4.69) is 5.32 Å². The molecule has 3 heterocycles. The summed E-state index contributed by atoms with van der Waals surface area (Å²) in [5, 5.41) is 3.01. The number of ether oxygens (including phenoxy) is 2. The maximum Gasteiger partial charge on any atom is 0.289 e. The van der Waals surface area contributed by atoms with Gasteiger partial charge in [0.05, 0.1) is 0 Å². The SMILES string of the molecule is Cc1ccccc1NC(=O)C1c2cccc[n+]2CC(=O)N1Cc1ccc2c(c1)OCO2.[I-]. The highest BCUT2D eigenvalue weighted by atomic mass is 127. The van der Waals surface area contributed by atoms with Gasteiger partial charge in [-0.2, -0.15) is 4.57 Å². The first-order valence-corrected chi connectivity index (χ1v) is 10.1. The second kappa shape index (κ2) is 9.15. The first kappa shape index (κ1) is 22.1. The molecule has 32 heavy (non-hydrogen) atoms. The van der Waals surface area contributed by atoms with Crippen molar-refractivity contribution < 1.29 is 47.6 Å². The fourth-order valence-electron chi connectivity index (χ4n) is 4.03. The summed E-state index contributed by atoms with van der Waals surface area (Å²) in [6.07, 6.45) is 1.83. The predicted molar refractivity (Wildman–Crippen MR) is 112 cm³/mol. The van der Waals surface area contributed by atoms with Crippen molar-refractivity contribution in [3.63, 3.8) is 0 Å². The van der Waals surface area contributed by atoms with Gasteiger partial charge in [-0.25, -0.2) is 0 Å². The van der Waals surface area contributed by atoms with Crippen LogP contribution in [0.2, 0.25) is 0 Å². The summed E-state index contributed by atoms with van der Waals surface area (Å²) < 4.78 is 12.7. The molecule has 164 valence electrons. The van der Waals surface area contributed by atoms with E-state index in [9.17, 15) is 9.59 Å². The molecule has 0 saturated heterocycles. The first-order chi connectivity index (χ1) is 15.1. The number of hydrogen-bond acceptors (Lipinski definition) is 4. The fourth-order valence-corrected chi connectivity index (χ4v) is 4.03. The second-order valence-electron chi connectivity index (χ2n) is 7.67.